The van der Waals surface area contributed by atoms with Crippen molar-refractivity contribution < 1.29 is 22.0 Å². The number of halogens is 2. The molecule has 1 aromatic heterocycles. The fraction of sp³-hybridized carbons (Fsp3) is 0.190. The molecule has 0 atom stereocenters. The minimum atomic E-state index is -3.84. The van der Waals surface area contributed by atoms with Crippen molar-refractivity contribution in [3.63, 3.8) is 0 Å². The second-order valence-corrected chi connectivity index (χ2v) is 8.81. The second-order valence-electron chi connectivity index (χ2n) is 7.24. The molecule has 2 aromatic carbocycles. The predicted molar refractivity (Wildman–Crippen MR) is 115 cm³/mol. The second kappa shape index (κ2) is 9.88. The topological polar surface area (TPSA) is 135 Å². The Morgan fingerprint density at radius 2 is 1.61 bits per heavy atom. The van der Waals surface area contributed by atoms with Gasteiger partial charge in [0.2, 0.25) is 21.7 Å². The van der Waals surface area contributed by atoms with E-state index in [9.17, 15) is 31.6 Å². The first kappa shape index (κ1) is 24.0. The number of hydrogen-bond donors (Lipinski definition) is 2. The number of sulfonamides is 1. The minimum Gasteiger partial charge on any atom is -0.336 e. The standard InChI is InChI=1S/C21H20F2N4O5S/c22-16-5-1-15(2-6-16)11-26(10-9-14-3-7-17(8-4-14)33(24,31)32)19(28)13-27-12-18(23)20(29)25-21(27)30/h1-8,12H,9-11,13H2,(H2,24,31,32)(H,25,29,30). The number of hydrogen-bond acceptors (Lipinski definition) is 5. The van der Waals surface area contributed by atoms with Crippen molar-refractivity contribution in [3.05, 3.63) is 98.3 Å². The highest BCUT2D eigenvalue weighted by Crippen LogP contribution is 2.12. The molecule has 3 rings (SSSR count). The summed E-state index contributed by atoms with van der Waals surface area (Å²) in [4.78, 5) is 39.2. The third-order valence-electron chi connectivity index (χ3n) is 4.83. The van der Waals surface area contributed by atoms with Crippen molar-refractivity contribution in [1.29, 1.82) is 0 Å². The van der Waals surface area contributed by atoms with Crippen LogP contribution in [0.4, 0.5) is 8.78 Å². The molecule has 0 unspecified atom stereocenters. The smallest absolute Gasteiger partial charge is 0.328 e. The first-order valence-corrected chi connectivity index (χ1v) is 11.2. The van der Waals surface area contributed by atoms with E-state index in [1.165, 1.54) is 41.3 Å². The number of carbonyl (C=O) groups excluding carboxylic acids is 1. The van der Waals surface area contributed by atoms with E-state index in [0.29, 0.717) is 23.7 Å². The Hall–Kier alpha value is -3.64. The Kier molecular flexibility index (Phi) is 7.19. The Balaban J connectivity index is 1.80. The molecule has 0 fully saturated rings. The molecule has 0 aliphatic rings. The van der Waals surface area contributed by atoms with Gasteiger partial charge in [-0.3, -0.25) is 19.1 Å². The van der Waals surface area contributed by atoms with E-state index >= 15 is 0 Å². The minimum absolute atomic E-state index is 0.0510. The largest absolute Gasteiger partial charge is 0.336 e. The summed E-state index contributed by atoms with van der Waals surface area (Å²) in [6.07, 6.45) is 0.980. The van der Waals surface area contributed by atoms with E-state index in [-0.39, 0.29) is 18.0 Å². The molecule has 0 aliphatic carbocycles. The fourth-order valence-electron chi connectivity index (χ4n) is 3.06. The monoisotopic (exact) mass is 478 g/mol. The van der Waals surface area contributed by atoms with Crippen LogP contribution in [-0.2, 0) is 34.3 Å². The summed E-state index contributed by atoms with van der Waals surface area (Å²) in [7, 11) is -3.84. The highest BCUT2D eigenvalue weighted by molar-refractivity contribution is 7.89. The van der Waals surface area contributed by atoms with Gasteiger partial charge in [0.15, 0.2) is 0 Å². The molecule has 3 aromatic rings. The molecule has 1 amide bonds. The maximum Gasteiger partial charge on any atom is 0.328 e. The van der Waals surface area contributed by atoms with Gasteiger partial charge in [-0.25, -0.2) is 22.7 Å². The van der Waals surface area contributed by atoms with E-state index in [1.54, 1.807) is 17.1 Å². The number of rotatable bonds is 8. The summed E-state index contributed by atoms with van der Waals surface area (Å²) in [5, 5.41) is 5.09. The highest BCUT2D eigenvalue weighted by atomic mass is 32.2. The van der Waals surface area contributed by atoms with Crippen LogP contribution in [0.3, 0.4) is 0 Å². The molecule has 0 saturated carbocycles. The summed E-state index contributed by atoms with van der Waals surface area (Å²) in [6, 6.07) is 11.3. The normalized spacial score (nSPS) is 11.4. The van der Waals surface area contributed by atoms with E-state index in [0.717, 1.165) is 4.57 Å². The highest BCUT2D eigenvalue weighted by Gasteiger charge is 2.17. The maximum atomic E-state index is 13.6. The van der Waals surface area contributed by atoms with Gasteiger partial charge in [0, 0.05) is 13.1 Å². The van der Waals surface area contributed by atoms with Crippen molar-refractivity contribution in [2.45, 2.75) is 24.4 Å². The van der Waals surface area contributed by atoms with Crippen molar-refractivity contribution in [1.82, 2.24) is 14.5 Å². The number of nitrogens with two attached hydrogens (primary N) is 1. The van der Waals surface area contributed by atoms with Crippen LogP contribution in [0.2, 0.25) is 0 Å². The van der Waals surface area contributed by atoms with Crippen LogP contribution in [0.25, 0.3) is 0 Å². The van der Waals surface area contributed by atoms with Gasteiger partial charge in [0.1, 0.15) is 12.4 Å². The lowest BCUT2D eigenvalue weighted by Gasteiger charge is -2.23. The van der Waals surface area contributed by atoms with Gasteiger partial charge in [0.05, 0.1) is 11.1 Å². The fourth-order valence-corrected chi connectivity index (χ4v) is 3.57. The molecule has 0 radical (unpaired) electrons. The van der Waals surface area contributed by atoms with Crippen molar-refractivity contribution in [3.8, 4) is 0 Å². The summed E-state index contributed by atoms with van der Waals surface area (Å²) < 4.78 is 50.3. The maximum absolute atomic E-state index is 13.6. The lowest BCUT2D eigenvalue weighted by Crippen LogP contribution is -2.39. The molecule has 3 N–H and O–H groups in total. The lowest BCUT2D eigenvalue weighted by molar-refractivity contribution is -0.132. The zero-order chi connectivity index (χ0) is 24.2. The van der Waals surface area contributed by atoms with Gasteiger partial charge in [-0.05, 0) is 41.8 Å². The molecular formula is C21H20F2N4O5S. The average Bonchev–Trinajstić information content (AvgIpc) is 2.76. The number of primary sulfonamides is 1. The predicted octanol–water partition coefficient (Wildman–Crippen LogP) is 0.734. The van der Waals surface area contributed by atoms with Gasteiger partial charge >= 0.3 is 5.69 Å². The number of H-pyrrole nitrogens is 1. The summed E-state index contributed by atoms with van der Waals surface area (Å²) in [6.45, 7) is -0.293. The van der Waals surface area contributed by atoms with Crippen LogP contribution in [-0.4, -0.2) is 35.3 Å². The van der Waals surface area contributed by atoms with Crippen LogP contribution in [0.5, 0.6) is 0 Å². The van der Waals surface area contributed by atoms with Crippen LogP contribution < -0.4 is 16.4 Å². The lowest BCUT2D eigenvalue weighted by atomic mass is 10.1. The average molecular weight is 478 g/mol. The van der Waals surface area contributed by atoms with E-state index in [1.807, 2.05) is 0 Å². The van der Waals surface area contributed by atoms with Gasteiger partial charge < -0.3 is 4.90 Å². The zero-order valence-electron chi connectivity index (χ0n) is 17.2. The molecule has 174 valence electrons. The molecule has 0 aliphatic heterocycles. The van der Waals surface area contributed by atoms with Gasteiger partial charge in [-0.2, -0.15) is 4.39 Å². The molecule has 12 heteroatoms. The third-order valence-corrected chi connectivity index (χ3v) is 5.76. The Labute approximate surface area is 187 Å². The van der Waals surface area contributed by atoms with E-state index in [2.05, 4.69) is 0 Å². The number of amides is 1. The van der Waals surface area contributed by atoms with Crippen LogP contribution in [0.1, 0.15) is 11.1 Å². The molecule has 9 nitrogen and oxygen atoms in total. The molecule has 0 saturated heterocycles. The van der Waals surface area contributed by atoms with Crippen LogP contribution >= 0.6 is 0 Å². The van der Waals surface area contributed by atoms with E-state index in [4.69, 9.17) is 5.14 Å². The number of aromatic amines is 1. The van der Waals surface area contributed by atoms with Crippen molar-refractivity contribution in [2.75, 3.05) is 6.54 Å². The zero-order valence-corrected chi connectivity index (χ0v) is 18.0. The molecular weight excluding hydrogens is 458 g/mol. The first-order valence-electron chi connectivity index (χ1n) is 9.66. The van der Waals surface area contributed by atoms with Crippen LogP contribution in [0, 0.1) is 11.6 Å². The molecule has 1 heterocycles. The molecule has 0 bridgehead atoms. The van der Waals surface area contributed by atoms with Gasteiger partial charge in [-0.15, -0.1) is 0 Å². The SMILES string of the molecule is NS(=O)(=O)c1ccc(CCN(Cc2ccc(F)cc2)C(=O)Cn2cc(F)c(=O)[nH]c2=O)cc1. The molecule has 0 spiro atoms. The van der Waals surface area contributed by atoms with Gasteiger partial charge in [-0.1, -0.05) is 24.3 Å². The first-order chi connectivity index (χ1) is 15.5. The quantitative estimate of drug-likeness (QED) is 0.492. The summed E-state index contributed by atoms with van der Waals surface area (Å²) >= 11 is 0. The number of carbonyl (C=O) groups is 1. The number of benzene rings is 2. The number of aromatic nitrogens is 2. The Bertz CT molecular complexity index is 1370. The van der Waals surface area contributed by atoms with Crippen molar-refractivity contribution in [2.24, 2.45) is 5.14 Å². The third kappa shape index (κ3) is 6.43. The molecule has 33 heavy (non-hydrogen) atoms. The summed E-state index contributed by atoms with van der Waals surface area (Å²) in [5.41, 5.74) is -0.786. The van der Waals surface area contributed by atoms with Gasteiger partial charge in [0.25, 0.3) is 5.56 Å². The number of nitrogens with one attached hydrogen (secondary N) is 1. The number of nitrogens with zero attached hydrogens (tertiary/aromatic N) is 2. The van der Waals surface area contributed by atoms with Crippen molar-refractivity contribution >= 4 is 15.9 Å². The Morgan fingerprint density at radius 1 is 1.00 bits per heavy atom. The van der Waals surface area contributed by atoms with E-state index < -0.39 is 45.4 Å². The Morgan fingerprint density at radius 3 is 2.21 bits per heavy atom. The van der Waals surface area contributed by atoms with Crippen LogP contribution in [0.15, 0.2) is 69.2 Å². The summed E-state index contributed by atoms with van der Waals surface area (Å²) in [5.74, 6) is -2.20.